The van der Waals surface area contributed by atoms with E-state index in [1.165, 1.54) is 21.6 Å². The molecule has 0 aliphatic heterocycles. The largest absolute Gasteiger partial charge is 0.298 e. The first-order valence-electron chi connectivity index (χ1n) is 10.5. The van der Waals surface area contributed by atoms with Gasteiger partial charge in [0, 0.05) is 9.79 Å². The van der Waals surface area contributed by atoms with Crippen molar-refractivity contribution < 1.29 is 9.59 Å². The lowest BCUT2D eigenvalue weighted by atomic mass is 10.2. The van der Waals surface area contributed by atoms with Crippen LogP contribution in [0, 0.1) is 0 Å². The van der Waals surface area contributed by atoms with Gasteiger partial charge in [0.1, 0.15) is 0 Å². The number of carbonyl (C=O) groups excluding carboxylic acids is 2. The molecule has 170 valence electrons. The Bertz CT molecular complexity index is 1150. The SMILES string of the molecule is O=C(NNc1ccccc1)c1ccccc1SSc1ccccc1C(=O)NNc1ccccc1. The molecule has 34 heavy (non-hydrogen) atoms. The summed E-state index contributed by atoms with van der Waals surface area (Å²) in [5.41, 5.74) is 14.0. The highest BCUT2D eigenvalue weighted by Gasteiger charge is 2.15. The monoisotopic (exact) mass is 486 g/mol. The highest BCUT2D eigenvalue weighted by Crippen LogP contribution is 2.40. The second-order valence-corrected chi connectivity index (χ2v) is 9.26. The fraction of sp³-hybridized carbons (Fsp3) is 0. The minimum Gasteiger partial charge on any atom is -0.298 e. The molecule has 0 saturated carbocycles. The van der Waals surface area contributed by atoms with Crippen LogP contribution in [0.15, 0.2) is 119 Å². The van der Waals surface area contributed by atoms with E-state index in [9.17, 15) is 9.59 Å². The fourth-order valence-electron chi connectivity index (χ4n) is 2.98. The fourth-order valence-corrected chi connectivity index (χ4v) is 5.34. The summed E-state index contributed by atoms with van der Waals surface area (Å²) in [6, 6.07) is 33.5. The van der Waals surface area contributed by atoms with Crippen molar-refractivity contribution in [2.75, 3.05) is 10.9 Å². The van der Waals surface area contributed by atoms with E-state index in [1.54, 1.807) is 12.1 Å². The van der Waals surface area contributed by atoms with Crippen LogP contribution in [0.3, 0.4) is 0 Å². The average molecular weight is 487 g/mol. The van der Waals surface area contributed by atoms with Crippen molar-refractivity contribution in [1.82, 2.24) is 10.9 Å². The zero-order valence-electron chi connectivity index (χ0n) is 18.0. The molecule has 0 atom stereocenters. The molecule has 0 fully saturated rings. The Morgan fingerprint density at radius 3 is 1.24 bits per heavy atom. The molecule has 0 saturated heterocycles. The molecule has 4 rings (SSSR count). The number of para-hydroxylation sites is 2. The lowest BCUT2D eigenvalue weighted by Crippen LogP contribution is -2.29. The predicted octanol–water partition coefficient (Wildman–Crippen LogP) is 6.00. The van der Waals surface area contributed by atoms with E-state index in [1.807, 2.05) is 97.1 Å². The van der Waals surface area contributed by atoms with Crippen LogP contribution in [0.1, 0.15) is 20.7 Å². The molecule has 0 spiro atoms. The van der Waals surface area contributed by atoms with Crippen LogP contribution in [-0.2, 0) is 0 Å². The molecule has 0 aliphatic carbocycles. The maximum absolute atomic E-state index is 12.8. The summed E-state index contributed by atoms with van der Waals surface area (Å²) in [4.78, 5) is 27.1. The van der Waals surface area contributed by atoms with Gasteiger partial charge in [0.25, 0.3) is 11.8 Å². The number of anilines is 2. The van der Waals surface area contributed by atoms with E-state index in [-0.39, 0.29) is 11.8 Å². The first kappa shape index (κ1) is 23.3. The van der Waals surface area contributed by atoms with E-state index >= 15 is 0 Å². The van der Waals surface area contributed by atoms with E-state index in [2.05, 4.69) is 21.7 Å². The van der Waals surface area contributed by atoms with Gasteiger partial charge in [-0.25, -0.2) is 0 Å². The summed E-state index contributed by atoms with van der Waals surface area (Å²) in [6.45, 7) is 0. The van der Waals surface area contributed by atoms with E-state index in [4.69, 9.17) is 0 Å². The molecule has 4 N–H and O–H groups in total. The van der Waals surface area contributed by atoms with Gasteiger partial charge in [0.05, 0.1) is 22.5 Å². The average Bonchev–Trinajstić information content (AvgIpc) is 2.90. The number of carbonyl (C=O) groups is 2. The normalized spacial score (nSPS) is 10.2. The third-order valence-corrected chi connectivity index (χ3v) is 7.15. The predicted molar refractivity (Wildman–Crippen MR) is 140 cm³/mol. The lowest BCUT2D eigenvalue weighted by molar-refractivity contribution is 0.0951. The zero-order valence-corrected chi connectivity index (χ0v) is 19.7. The molecule has 0 aromatic heterocycles. The number of nitrogens with one attached hydrogen (secondary N) is 4. The van der Waals surface area contributed by atoms with Crippen molar-refractivity contribution in [2.45, 2.75) is 9.79 Å². The lowest BCUT2D eigenvalue weighted by Gasteiger charge is -2.13. The van der Waals surface area contributed by atoms with Crippen LogP contribution in [0.25, 0.3) is 0 Å². The van der Waals surface area contributed by atoms with Crippen LogP contribution in [-0.4, -0.2) is 11.8 Å². The quantitative estimate of drug-likeness (QED) is 0.172. The molecule has 4 aromatic carbocycles. The minimum atomic E-state index is -0.245. The van der Waals surface area contributed by atoms with Crippen LogP contribution in [0.5, 0.6) is 0 Å². The Morgan fingerprint density at radius 1 is 0.471 bits per heavy atom. The van der Waals surface area contributed by atoms with Gasteiger partial charge in [0.15, 0.2) is 0 Å². The van der Waals surface area contributed by atoms with Crippen molar-refractivity contribution in [3.8, 4) is 0 Å². The first-order valence-corrected chi connectivity index (χ1v) is 12.6. The van der Waals surface area contributed by atoms with Gasteiger partial charge in [-0.15, -0.1) is 0 Å². The van der Waals surface area contributed by atoms with Crippen LogP contribution in [0.2, 0.25) is 0 Å². The first-order chi connectivity index (χ1) is 16.7. The molecular formula is C26H22N4O2S2. The van der Waals surface area contributed by atoms with Gasteiger partial charge in [-0.05, 0) is 48.5 Å². The maximum atomic E-state index is 12.8. The highest BCUT2D eigenvalue weighted by molar-refractivity contribution is 8.76. The van der Waals surface area contributed by atoms with Crippen molar-refractivity contribution in [1.29, 1.82) is 0 Å². The Morgan fingerprint density at radius 2 is 0.824 bits per heavy atom. The molecular weight excluding hydrogens is 464 g/mol. The second kappa shape index (κ2) is 11.8. The van der Waals surface area contributed by atoms with Crippen molar-refractivity contribution in [3.05, 3.63) is 120 Å². The second-order valence-electron chi connectivity index (χ2n) is 7.05. The molecule has 0 unspecified atom stereocenters. The van der Waals surface area contributed by atoms with Gasteiger partial charge in [-0.1, -0.05) is 82.3 Å². The van der Waals surface area contributed by atoms with E-state index < -0.39 is 0 Å². The third kappa shape index (κ3) is 6.34. The molecule has 2 amide bonds. The summed E-state index contributed by atoms with van der Waals surface area (Å²) in [5, 5.41) is 0. The number of hydrazine groups is 2. The van der Waals surface area contributed by atoms with Gasteiger partial charge in [-0.3, -0.25) is 31.3 Å². The summed E-state index contributed by atoms with van der Waals surface area (Å²) in [6.07, 6.45) is 0. The molecule has 4 aromatic rings. The Hall–Kier alpha value is -3.88. The molecule has 0 bridgehead atoms. The zero-order chi connectivity index (χ0) is 23.6. The Balaban J connectivity index is 1.41. The number of hydrogen-bond acceptors (Lipinski definition) is 6. The molecule has 8 heteroatoms. The summed E-state index contributed by atoms with van der Waals surface area (Å²) < 4.78 is 0. The van der Waals surface area contributed by atoms with Crippen molar-refractivity contribution >= 4 is 44.8 Å². The number of benzene rings is 4. The maximum Gasteiger partial charge on any atom is 0.270 e. The Kier molecular flexibility index (Phi) is 8.10. The third-order valence-electron chi connectivity index (χ3n) is 4.67. The smallest absolute Gasteiger partial charge is 0.270 e. The minimum absolute atomic E-state index is 0.245. The van der Waals surface area contributed by atoms with Crippen LogP contribution in [0.4, 0.5) is 11.4 Å². The van der Waals surface area contributed by atoms with Gasteiger partial charge < -0.3 is 0 Å². The van der Waals surface area contributed by atoms with Crippen LogP contribution < -0.4 is 21.7 Å². The standard InChI is InChI=1S/C26H22N4O2S2/c31-25(29-27-19-11-3-1-4-12-19)21-15-7-9-17-23(21)33-34-24-18-10-8-16-22(24)26(32)30-28-20-13-5-2-6-14-20/h1-18,27-28H,(H,29,31)(H,30,32). The molecule has 0 heterocycles. The summed E-state index contributed by atoms with van der Waals surface area (Å²) in [7, 11) is 2.85. The van der Waals surface area contributed by atoms with Crippen molar-refractivity contribution in [2.24, 2.45) is 0 Å². The Labute approximate surface area is 205 Å². The van der Waals surface area contributed by atoms with Crippen LogP contribution >= 0.6 is 21.6 Å². The van der Waals surface area contributed by atoms with Gasteiger partial charge in [0.2, 0.25) is 0 Å². The van der Waals surface area contributed by atoms with Crippen molar-refractivity contribution in [3.63, 3.8) is 0 Å². The molecule has 0 radical (unpaired) electrons. The highest BCUT2D eigenvalue weighted by atomic mass is 33.1. The summed E-state index contributed by atoms with van der Waals surface area (Å²) >= 11 is 0. The molecule has 6 nitrogen and oxygen atoms in total. The topological polar surface area (TPSA) is 82.3 Å². The van der Waals surface area contributed by atoms with E-state index in [0.29, 0.717) is 11.1 Å². The number of rotatable bonds is 9. The number of hydrogen-bond donors (Lipinski definition) is 4. The number of amides is 2. The summed E-state index contributed by atoms with van der Waals surface area (Å²) in [5.74, 6) is -0.490. The molecule has 0 aliphatic rings. The van der Waals surface area contributed by atoms with Gasteiger partial charge in [-0.2, -0.15) is 0 Å². The van der Waals surface area contributed by atoms with Gasteiger partial charge >= 0.3 is 0 Å². The van der Waals surface area contributed by atoms with E-state index in [0.717, 1.165) is 21.2 Å².